The maximum absolute atomic E-state index is 3.65. The lowest BCUT2D eigenvalue weighted by Gasteiger charge is -2.44. The van der Waals surface area contributed by atoms with E-state index in [9.17, 15) is 0 Å². The molecule has 3 heteroatoms. The van der Waals surface area contributed by atoms with E-state index in [2.05, 4.69) is 22.0 Å². The third kappa shape index (κ3) is 3.50. The molecular formula is C16H31N3. The molecule has 0 aromatic carbocycles. The summed E-state index contributed by atoms with van der Waals surface area (Å²) in [5, 5.41) is 3.65. The molecule has 19 heavy (non-hydrogen) atoms. The van der Waals surface area contributed by atoms with Crippen LogP contribution in [0.1, 0.15) is 45.4 Å². The number of nitrogens with zero attached hydrogens (tertiary/aromatic N) is 2. The highest BCUT2D eigenvalue weighted by Crippen LogP contribution is 2.33. The normalized spacial score (nSPS) is 34.6. The van der Waals surface area contributed by atoms with Gasteiger partial charge in [0.1, 0.15) is 0 Å². The lowest BCUT2D eigenvalue weighted by atomic mass is 9.76. The fraction of sp³-hybridized carbons (Fsp3) is 1.00. The first-order chi connectivity index (χ1) is 9.31. The van der Waals surface area contributed by atoms with Crippen molar-refractivity contribution in [3.05, 3.63) is 0 Å². The van der Waals surface area contributed by atoms with Crippen LogP contribution < -0.4 is 5.32 Å². The highest BCUT2D eigenvalue weighted by molar-refractivity contribution is 4.91. The van der Waals surface area contributed by atoms with E-state index in [1.54, 1.807) is 0 Å². The molecular weight excluding hydrogens is 234 g/mol. The van der Waals surface area contributed by atoms with Crippen LogP contribution in [0, 0.1) is 5.41 Å². The van der Waals surface area contributed by atoms with Crippen LogP contribution in [-0.2, 0) is 0 Å². The Balaban J connectivity index is 1.50. The van der Waals surface area contributed by atoms with Crippen LogP contribution in [0.15, 0.2) is 0 Å². The van der Waals surface area contributed by atoms with E-state index in [0.717, 1.165) is 6.04 Å². The van der Waals surface area contributed by atoms with Gasteiger partial charge in [-0.3, -0.25) is 4.90 Å². The SMILES string of the molecule is CCCC1(CN2CCN(C3CC3)CC2)CCCNC1. The summed E-state index contributed by atoms with van der Waals surface area (Å²) in [7, 11) is 0. The van der Waals surface area contributed by atoms with E-state index in [4.69, 9.17) is 0 Å². The van der Waals surface area contributed by atoms with Crippen LogP contribution >= 0.6 is 0 Å². The number of hydrogen-bond donors (Lipinski definition) is 1. The molecule has 3 fully saturated rings. The van der Waals surface area contributed by atoms with Gasteiger partial charge in [0.2, 0.25) is 0 Å². The zero-order valence-corrected chi connectivity index (χ0v) is 12.7. The molecule has 0 aromatic rings. The van der Waals surface area contributed by atoms with Crippen molar-refractivity contribution in [2.45, 2.75) is 51.5 Å². The number of piperazine rings is 1. The van der Waals surface area contributed by atoms with Gasteiger partial charge in [-0.25, -0.2) is 0 Å². The van der Waals surface area contributed by atoms with Crippen molar-refractivity contribution >= 4 is 0 Å². The Hall–Kier alpha value is -0.120. The summed E-state index contributed by atoms with van der Waals surface area (Å²) in [5.74, 6) is 0. The molecule has 3 aliphatic rings. The Morgan fingerprint density at radius 3 is 2.53 bits per heavy atom. The van der Waals surface area contributed by atoms with Gasteiger partial charge in [0.05, 0.1) is 0 Å². The molecule has 3 rings (SSSR count). The summed E-state index contributed by atoms with van der Waals surface area (Å²) in [4.78, 5) is 5.48. The van der Waals surface area contributed by atoms with E-state index in [1.807, 2.05) is 0 Å². The standard InChI is InChI=1S/C16H31N3/c1-2-6-16(7-3-8-17-13-16)14-18-9-11-19(12-10-18)15-4-5-15/h15,17H,2-14H2,1H3. The topological polar surface area (TPSA) is 18.5 Å². The molecule has 2 heterocycles. The van der Waals surface area contributed by atoms with Crippen LogP contribution in [0.2, 0.25) is 0 Å². The fourth-order valence-electron chi connectivity index (χ4n) is 4.19. The molecule has 1 N–H and O–H groups in total. The first-order valence-electron chi connectivity index (χ1n) is 8.48. The second kappa shape index (κ2) is 6.11. The second-order valence-corrected chi connectivity index (χ2v) is 7.07. The van der Waals surface area contributed by atoms with Crippen LogP contribution in [0.25, 0.3) is 0 Å². The zero-order valence-electron chi connectivity index (χ0n) is 12.7. The summed E-state index contributed by atoms with van der Waals surface area (Å²) >= 11 is 0. The molecule has 1 atom stereocenters. The Labute approximate surface area is 118 Å². The summed E-state index contributed by atoms with van der Waals surface area (Å²) in [6, 6.07) is 0.961. The van der Waals surface area contributed by atoms with Gasteiger partial charge < -0.3 is 10.2 Å². The number of rotatable bonds is 5. The number of hydrogen-bond acceptors (Lipinski definition) is 3. The number of piperidine rings is 1. The third-order valence-electron chi connectivity index (χ3n) is 5.37. The minimum absolute atomic E-state index is 0.578. The lowest BCUT2D eigenvalue weighted by Crippen LogP contribution is -2.53. The minimum Gasteiger partial charge on any atom is -0.316 e. The summed E-state index contributed by atoms with van der Waals surface area (Å²) in [5.41, 5.74) is 0.578. The predicted octanol–water partition coefficient (Wildman–Crippen LogP) is 1.94. The maximum atomic E-state index is 3.65. The highest BCUT2D eigenvalue weighted by atomic mass is 15.3. The van der Waals surface area contributed by atoms with Crippen molar-refractivity contribution in [2.24, 2.45) is 5.41 Å². The van der Waals surface area contributed by atoms with Gasteiger partial charge in [0, 0.05) is 45.3 Å². The van der Waals surface area contributed by atoms with Gasteiger partial charge >= 0.3 is 0 Å². The van der Waals surface area contributed by atoms with Crippen molar-refractivity contribution in [3.63, 3.8) is 0 Å². The molecule has 1 aliphatic carbocycles. The monoisotopic (exact) mass is 265 g/mol. The first kappa shape index (κ1) is 13.8. The molecule has 2 aliphatic heterocycles. The molecule has 0 amide bonds. The molecule has 3 nitrogen and oxygen atoms in total. The van der Waals surface area contributed by atoms with Crippen LogP contribution in [0.3, 0.4) is 0 Å². The predicted molar refractivity (Wildman–Crippen MR) is 80.5 cm³/mol. The lowest BCUT2D eigenvalue weighted by molar-refractivity contribution is 0.0615. The van der Waals surface area contributed by atoms with Crippen LogP contribution in [0.4, 0.5) is 0 Å². The molecule has 110 valence electrons. The van der Waals surface area contributed by atoms with E-state index in [0.29, 0.717) is 5.41 Å². The fourth-order valence-corrected chi connectivity index (χ4v) is 4.19. The van der Waals surface area contributed by atoms with Crippen molar-refractivity contribution in [1.29, 1.82) is 0 Å². The van der Waals surface area contributed by atoms with Gasteiger partial charge in [0.15, 0.2) is 0 Å². The second-order valence-electron chi connectivity index (χ2n) is 7.07. The van der Waals surface area contributed by atoms with E-state index >= 15 is 0 Å². The zero-order chi connectivity index (χ0) is 13.1. The highest BCUT2D eigenvalue weighted by Gasteiger charge is 2.36. The molecule has 0 bridgehead atoms. The van der Waals surface area contributed by atoms with Crippen molar-refractivity contribution < 1.29 is 0 Å². The van der Waals surface area contributed by atoms with Crippen molar-refractivity contribution in [2.75, 3.05) is 45.8 Å². The van der Waals surface area contributed by atoms with Gasteiger partial charge in [0.25, 0.3) is 0 Å². The Bertz CT molecular complexity index is 268. The average molecular weight is 265 g/mol. The number of nitrogens with one attached hydrogen (secondary N) is 1. The smallest absolute Gasteiger partial charge is 0.0113 e. The maximum Gasteiger partial charge on any atom is 0.0113 e. The Morgan fingerprint density at radius 1 is 1.16 bits per heavy atom. The van der Waals surface area contributed by atoms with E-state index in [1.165, 1.54) is 84.3 Å². The Kier molecular flexibility index (Phi) is 4.45. The molecule has 1 unspecified atom stereocenters. The van der Waals surface area contributed by atoms with Gasteiger partial charge in [-0.15, -0.1) is 0 Å². The summed E-state index contributed by atoms with van der Waals surface area (Å²) in [6.45, 7) is 11.4. The van der Waals surface area contributed by atoms with Gasteiger partial charge in [-0.05, 0) is 44.1 Å². The minimum atomic E-state index is 0.578. The molecule has 0 radical (unpaired) electrons. The van der Waals surface area contributed by atoms with E-state index in [-0.39, 0.29) is 0 Å². The van der Waals surface area contributed by atoms with Gasteiger partial charge in [-0.2, -0.15) is 0 Å². The molecule has 0 spiro atoms. The quantitative estimate of drug-likeness (QED) is 0.819. The first-order valence-corrected chi connectivity index (χ1v) is 8.48. The largest absolute Gasteiger partial charge is 0.316 e. The van der Waals surface area contributed by atoms with Crippen LogP contribution in [0.5, 0.6) is 0 Å². The Morgan fingerprint density at radius 2 is 1.95 bits per heavy atom. The van der Waals surface area contributed by atoms with Crippen molar-refractivity contribution in [3.8, 4) is 0 Å². The molecule has 2 saturated heterocycles. The average Bonchev–Trinajstić information content (AvgIpc) is 3.25. The van der Waals surface area contributed by atoms with Gasteiger partial charge in [-0.1, -0.05) is 13.3 Å². The van der Waals surface area contributed by atoms with Crippen molar-refractivity contribution in [1.82, 2.24) is 15.1 Å². The molecule has 1 saturated carbocycles. The van der Waals surface area contributed by atoms with Crippen LogP contribution in [-0.4, -0.2) is 61.7 Å². The summed E-state index contributed by atoms with van der Waals surface area (Å²) in [6.07, 6.45) is 8.48. The van der Waals surface area contributed by atoms with E-state index < -0.39 is 0 Å². The molecule has 0 aromatic heterocycles. The summed E-state index contributed by atoms with van der Waals surface area (Å²) < 4.78 is 0. The third-order valence-corrected chi connectivity index (χ3v) is 5.37.